The van der Waals surface area contributed by atoms with E-state index >= 15 is 0 Å². The van der Waals surface area contributed by atoms with Crippen molar-refractivity contribution in [2.24, 2.45) is 11.5 Å². The molecule has 0 fully saturated rings. The number of benzene rings is 1. The van der Waals surface area contributed by atoms with Crippen LogP contribution in [0.1, 0.15) is 11.6 Å². The number of amides is 1. The van der Waals surface area contributed by atoms with Crippen LogP contribution in [0, 0.1) is 0 Å². The fraction of sp³-hybridized carbons (Fsp3) is 0.300. The largest absolute Gasteiger partial charge is 0.482 e. The molecule has 0 saturated heterocycles. The molecule has 1 aliphatic heterocycles. The van der Waals surface area contributed by atoms with E-state index in [1.807, 2.05) is 6.07 Å². The van der Waals surface area contributed by atoms with Crippen molar-refractivity contribution in [3.05, 3.63) is 23.8 Å². The Morgan fingerprint density at radius 2 is 2.33 bits per heavy atom. The van der Waals surface area contributed by atoms with Gasteiger partial charge in [-0.15, -0.1) is 0 Å². The van der Waals surface area contributed by atoms with Crippen molar-refractivity contribution >= 4 is 11.6 Å². The fourth-order valence-corrected chi connectivity index (χ4v) is 1.47. The number of hydrogen-bond donors (Lipinski definition) is 3. The first-order valence-electron chi connectivity index (χ1n) is 4.73. The van der Waals surface area contributed by atoms with Gasteiger partial charge in [0, 0.05) is 12.6 Å². The molecule has 1 heterocycles. The maximum absolute atomic E-state index is 11.1. The molecule has 1 atom stereocenters. The zero-order valence-electron chi connectivity index (χ0n) is 8.19. The lowest BCUT2D eigenvalue weighted by Crippen LogP contribution is -2.26. The monoisotopic (exact) mass is 207 g/mol. The minimum Gasteiger partial charge on any atom is -0.482 e. The van der Waals surface area contributed by atoms with Crippen molar-refractivity contribution in [1.29, 1.82) is 0 Å². The quantitative estimate of drug-likeness (QED) is 0.635. The third-order valence-electron chi connectivity index (χ3n) is 2.32. The molecule has 5 heteroatoms. The number of fused-ring (bicyclic) bond motifs is 1. The Kier molecular flexibility index (Phi) is 2.57. The molecule has 0 bridgehead atoms. The van der Waals surface area contributed by atoms with Gasteiger partial charge in [0.15, 0.2) is 6.61 Å². The van der Waals surface area contributed by atoms with E-state index in [9.17, 15) is 4.79 Å². The second kappa shape index (κ2) is 3.88. The number of nitrogens with one attached hydrogen (secondary N) is 1. The summed E-state index contributed by atoms with van der Waals surface area (Å²) < 4.78 is 5.22. The topological polar surface area (TPSA) is 90.4 Å². The van der Waals surface area contributed by atoms with Crippen LogP contribution in [0.3, 0.4) is 0 Å². The summed E-state index contributed by atoms with van der Waals surface area (Å²) in [6, 6.07) is 5.23. The smallest absolute Gasteiger partial charge is 0.262 e. The highest BCUT2D eigenvalue weighted by atomic mass is 16.5. The summed E-state index contributed by atoms with van der Waals surface area (Å²) in [4.78, 5) is 11.1. The van der Waals surface area contributed by atoms with E-state index in [0.29, 0.717) is 18.0 Å². The summed E-state index contributed by atoms with van der Waals surface area (Å²) in [6.07, 6.45) is 0. The van der Waals surface area contributed by atoms with Crippen LogP contribution in [0.4, 0.5) is 5.69 Å². The summed E-state index contributed by atoms with van der Waals surface area (Å²) in [5, 5.41) is 2.72. The van der Waals surface area contributed by atoms with Crippen molar-refractivity contribution in [2.75, 3.05) is 18.5 Å². The third kappa shape index (κ3) is 1.93. The average molecular weight is 207 g/mol. The predicted octanol–water partition coefficient (Wildman–Crippen LogP) is -0.0240. The molecular formula is C10H13N3O2. The molecule has 5 nitrogen and oxygen atoms in total. The molecule has 1 aromatic rings. The van der Waals surface area contributed by atoms with Crippen molar-refractivity contribution < 1.29 is 9.53 Å². The molecular weight excluding hydrogens is 194 g/mol. The van der Waals surface area contributed by atoms with Gasteiger partial charge in [-0.2, -0.15) is 0 Å². The Balaban J connectivity index is 2.32. The Labute approximate surface area is 87.4 Å². The highest BCUT2D eigenvalue weighted by molar-refractivity contribution is 5.95. The molecule has 0 radical (unpaired) electrons. The second-order valence-corrected chi connectivity index (χ2v) is 3.43. The molecule has 0 aromatic heterocycles. The number of carbonyl (C=O) groups excluding carboxylic acids is 1. The Bertz CT molecular complexity index is 392. The maximum atomic E-state index is 11.1. The van der Waals surface area contributed by atoms with Gasteiger partial charge < -0.3 is 21.5 Å². The van der Waals surface area contributed by atoms with Gasteiger partial charge in [0.25, 0.3) is 5.91 Å². The van der Waals surface area contributed by atoms with Gasteiger partial charge in [0.2, 0.25) is 0 Å². The van der Waals surface area contributed by atoms with Gasteiger partial charge in [-0.05, 0) is 17.7 Å². The van der Waals surface area contributed by atoms with Crippen LogP contribution in [-0.2, 0) is 4.79 Å². The maximum Gasteiger partial charge on any atom is 0.262 e. The molecule has 0 spiro atoms. The SMILES string of the molecule is NCC(N)c1ccc2c(c1)NC(=O)CO2. The normalized spacial score (nSPS) is 16.3. The van der Waals surface area contributed by atoms with Gasteiger partial charge in [-0.25, -0.2) is 0 Å². The number of anilines is 1. The minimum atomic E-state index is -0.214. The molecule has 1 unspecified atom stereocenters. The lowest BCUT2D eigenvalue weighted by atomic mass is 10.1. The standard InChI is InChI=1S/C10H13N3O2/c11-4-7(12)6-1-2-9-8(3-6)13-10(14)5-15-9/h1-3,7H,4-5,11-12H2,(H,13,14). The molecule has 0 saturated carbocycles. The molecule has 1 aliphatic rings. The summed E-state index contributed by atoms with van der Waals surface area (Å²) >= 11 is 0. The number of hydrogen-bond acceptors (Lipinski definition) is 4. The van der Waals surface area contributed by atoms with E-state index in [1.165, 1.54) is 0 Å². The lowest BCUT2D eigenvalue weighted by Gasteiger charge is -2.19. The second-order valence-electron chi connectivity index (χ2n) is 3.43. The van der Waals surface area contributed by atoms with E-state index in [0.717, 1.165) is 5.56 Å². The fourth-order valence-electron chi connectivity index (χ4n) is 1.47. The minimum absolute atomic E-state index is 0.0648. The van der Waals surface area contributed by atoms with Gasteiger partial charge in [0.05, 0.1) is 5.69 Å². The molecule has 5 N–H and O–H groups in total. The van der Waals surface area contributed by atoms with Crippen LogP contribution < -0.4 is 21.5 Å². The summed E-state index contributed by atoms with van der Waals surface area (Å²) in [5.41, 5.74) is 12.8. The number of rotatable bonds is 2. The van der Waals surface area contributed by atoms with Gasteiger partial charge in [0.1, 0.15) is 5.75 Å². The molecule has 1 amide bonds. The van der Waals surface area contributed by atoms with Crippen molar-refractivity contribution in [2.45, 2.75) is 6.04 Å². The van der Waals surface area contributed by atoms with E-state index in [-0.39, 0.29) is 18.6 Å². The van der Waals surface area contributed by atoms with Crippen LogP contribution >= 0.6 is 0 Å². The summed E-state index contributed by atoms with van der Waals surface area (Å²) in [7, 11) is 0. The number of nitrogens with two attached hydrogens (primary N) is 2. The number of ether oxygens (including phenoxy) is 1. The lowest BCUT2D eigenvalue weighted by molar-refractivity contribution is -0.118. The van der Waals surface area contributed by atoms with Crippen molar-refractivity contribution in [3.63, 3.8) is 0 Å². The summed E-state index contributed by atoms with van der Waals surface area (Å²) in [5.74, 6) is 0.517. The van der Waals surface area contributed by atoms with Gasteiger partial charge in [-0.3, -0.25) is 4.79 Å². The number of carbonyl (C=O) groups is 1. The van der Waals surface area contributed by atoms with Gasteiger partial charge >= 0.3 is 0 Å². The molecule has 15 heavy (non-hydrogen) atoms. The van der Waals surface area contributed by atoms with Crippen LogP contribution in [0.15, 0.2) is 18.2 Å². The van der Waals surface area contributed by atoms with Crippen LogP contribution in [0.25, 0.3) is 0 Å². The van der Waals surface area contributed by atoms with E-state index in [1.54, 1.807) is 12.1 Å². The predicted molar refractivity (Wildman–Crippen MR) is 56.5 cm³/mol. The van der Waals surface area contributed by atoms with Gasteiger partial charge in [-0.1, -0.05) is 6.07 Å². The first-order chi connectivity index (χ1) is 7.20. The Morgan fingerprint density at radius 3 is 3.07 bits per heavy atom. The van der Waals surface area contributed by atoms with Crippen LogP contribution in [0.2, 0.25) is 0 Å². The molecule has 2 rings (SSSR count). The summed E-state index contributed by atoms with van der Waals surface area (Å²) in [6.45, 7) is 0.433. The third-order valence-corrected chi connectivity index (χ3v) is 2.32. The Hall–Kier alpha value is -1.59. The highest BCUT2D eigenvalue weighted by Gasteiger charge is 2.16. The molecule has 80 valence electrons. The molecule has 0 aliphatic carbocycles. The van der Waals surface area contributed by atoms with E-state index < -0.39 is 0 Å². The zero-order valence-corrected chi connectivity index (χ0v) is 8.19. The van der Waals surface area contributed by atoms with Crippen molar-refractivity contribution in [1.82, 2.24) is 0 Å². The van der Waals surface area contributed by atoms with Crippen LogP contribution in [-0.4, -0.2) is 19.1 Å². The Morgan fingerprint density at radius 1 is 1.53 bits per heavy atom. The highest BCUT2D eigenvalue weighted by Crippen LogP contribution is 2.29. The zero-order chi connectivity index (χ0) is 10.8. The molecule has 1 aromatic carbocycles. The van der Waals surface area contributed by atoms with Crippen LogP contribution in [0.5, 0.6) is 5.75 Å². The first kappa shape index (κ1) is 9.95. The van der Waals surface area contributed by atoms with E-state index in [4.69, 9.17) is 16.2 Å². The van der Waals surface area contributed by atoms with E-state index in [2.05, 4.69) is 5.32 Å². The van der Waals surface area contributed by atoms with Crippen molar-refractivity contribution in [3.8, 4) is 5.75 Å². The average Bonchev–Trinajstić information content (AvgIpc) is 2.27. The first-order valence-corrected chi connectivity index (χ1v) is 4.73.